The van der Waals surface area contributed by atoms with Crippen molar-refractivity contribution in [3.63, 3.8) is 0 Å². The lowest BCUT2D eigenvalue weighted by molar-refractivity contribution is -0.125. The Labute approximate surface area is 180 Å². The summed E-state index contributed by atoms with van der Waals surface area (Å²) in [6.07, 6.45) is 4.08. The molecule has 1 aromatic carbocycles. The van der Waals surface area contributed by atoms with Crippen LogP contribution in [-0.2, 0) is 4.79 Å². The number of nitrogens with zero attached hydrogens (tertiary/aromatic N) is 5. The lowest BCUT2D eigenvalue weighted by Crippen LogP contribution is -2.44. The molecule has 1 saturated heterocycles. The van der Waals surface area contributed by atoms with Gasteiger partial charge in [0.2, 0.25) is 5.91 Å². The second-order valence-electron chi connectivity index (χ2n) is 8.37. The highest BCUT2D eigenvalue weighted by Gasteiger charge is 2.32. The molecule has 3 heterocycles. The summed E-state index contributed by atoms with van der Waals surface area (Å²) in [7, 11) is 0. The molecule has 2 aliphatic rings. The SMILES string of the molecule is Cc1nnc(N2CCCC(C(=O)NC3CC3)C2)c2nn(-c3ccc(Cl)cc3)c(C)c12. The van der Waals surface area contributed by atoms with Gasteiger partial charge in [0.05, 0.1) is 28.4 Å². The smallest absolute Gasteiger partial charge is 0.225 e. The molecule has 0 bridgehead atoms. The van der Waals surface area contributed by atoms with E-state index in [1.807, 2.05) is 42.8 Å². The molecule has 1 atom stereocenters. The minimum absolute atomic E-state index is 0.0167. The summed E-state index contributed by atoms with van der Waals surface area (Å²) in [5.41, 5.74) is 3.64. The number of aryl methyl sites for hydroxylation is 2. The summed E-state index contributed by atoms with van der Waals surface area (Å²) >= 11 is 6.06. The van der Waals surface area contributed by atoms with E-state index in [0.717, 1.165) is 66.0 Å². The van der Waals surface area contributed by atoms with E-state index in [-0.39, 0.29) is 11.8 Å². The number of fused-ring (bicyclic) bond motifs is 1. The van der Waals surface area contributed by atoms with Crippen molar-refractivity contribution >= 4 is 34.2 Å². The summed E-state index contributed by atoms with van der Waals surface area (Å²) in [6, 6.07) is 8.02. The average Bonchev–Trinajstić information content (AvgIpc) is 3.49. The summed E-state index contributed by atoms with van der Waals surface area (Å²) in [4.78, 5) is 14.8. The molecule has 2 aromatic heterocycles. The lowest BCUT2D eigenvalue weighted by Gasteiger charge is -2.32. The molecular weight excluding hydrogens is 400 g/mol. The van der Waals surface area contributed by atoms with E-state index < -0.39 is 0 Å². The van der Waals surface area contributed by atoms with Crippen LogP contribution in [-0.4, -0.2) is 45.0 Å². The summed E-state index contributed by atoms with van der Waals surface area (Å²) in [6.45, 7) is 5.51. The Morgan fingerprint density at radius 1 is 1.13 bits per heavy atom. The largest absolute Gasteiger partial charge is 0.353 e. The molecule has 5 rings (SSSR count). The van der Waals surface area contributed by atoms with Crippen LogP contribution in [0.25, 0.3) is 16.6 Å². The third-order valence-corrected chi connectivity index (χ3v) is 6.32. The minimum atomic E-state index is -0.0167. The number of nitrogens with one attached hydrogen (secondary N) is 1. The maximum absolute atomic E-state index is 12.6. The van der Waals surface area contributed by atoms with Gasteiger partial charge >= 0.3 is 0 Å². The quantitative estimate of drug-likeness (QED) is 0.692. The van der Waals surface area contributed by atoms with Crippen LogP contribution in [0.3, 0.4) is 0 Å². The molecule has 8 heteroatoms. The first-order valence-corrected chi connectivity index (χ1v) is 10.9. The Morgan fingerprint density at radius 2 is 1.90 bits per heavy atom. The van der Waals surface area contributed by atoms with E-state index in [0.29, 0.717) is 17.6 Å². The first kappa shape index (κ1) is 19.3. The molecule has 1 amide bonds. The Balaban J connectivity index is 1.51. The molecular formula is C22H25ClN6O. The monoisotopic (exact) mass is 424 g/mol. The van der Waals surface area contributed by atoms with Crippen molar-refractivity contribution in [2.24, 2.45) is 5.92 Å². The molecule has 3 aromatic rings. The number of halogens is 1. The molecule has 1 aliphatic carbocycles. The van der Waals surface area contributed by atoms with E-state index in [2.05, 4.69) is 20.4 Å². The molecule has 30 heavy (non-hydrogen) atoms. The molecule has 0 radical (unpaired) electrons. The Kier molecular flexibility index (Phi) is 4.85. The van der Waals surface area contributed by atoms with Gasteiger partial charge in [-0.1, -0.05) is 11.6 Å². The third-order valence-electron chi connectivity index (χ3n) is 6.07. The predicted molar refractivity (Wildman–Crippen MR) is 117 cm³/mol. The van der Waals surface area contributed by atoms with Crippen LogP contribution in [0, 0.1) is 19.8 Å². The maximum atomic E-state index is 12.6. The number of hydrogen-bond acceptors (Lipinski definition) is 5. The van der Waals surface area contributed by atoms with Gasteiger partial charge in [-0.25, -0.2) is 4.68 Å². The van der Waals surface area contributed by atoms with Crippen molar-refractivity contribution in [3.8, 4) is 5.69 Å². The lowest BCUT2D eigenvalue weighted by atomic mass is 9.97. The highest BCUT2D eigenvalue weighted by molar-refractivity contribution is 6.30. The third kappa shape index (κ3) is 3.51. The van der Waals surface area contributed by atoms with Crippen molar-refractivity contribution in [3.05, 3.63) is 40.7 Å². The Hall–Kier alpha value is -2.67. The molecule has 1 N–H and O–H groups in total. The van der Waals surface area contributed by atoms with E-state index in [9.17, 15) is 4.79 Å². The first-order chi connectivity index (χ1) is 14.5. The number of piperidine rings is 1. The van der Waals surface area contributed by atoms with Gasteiger partial charge in [0.15, 0.2) is 5.82 Å². The van der Waals surface area contributed by atoms with E-state index in [4.69, 9.17) is 16.7 Å². The van der Waals surface area contributed by atoms with Gasteiger partial charge < -0.3 is 10.2 Å². The van der Waals surface area contributed by atoms with E-state index >= 15 is 0 Å². The van der Waals surface area contributed by atoms with Crippen LogP contribution in [0.1, 0.15) is 37.1 Å². The number of amides is 1. The molecule has 1 aliphatic heterocycles. The molecule has 7 nitrogen and oxygen atoms in total. The summed E-state index contributed by atoms with van der Waals surface area (Å²) in [5, 5.41) is 18.7. The van der Waals surface area contributed by atoms with Gasteiger partial charge in [0, 0.05) is 24.2 Å². The summed E-state index contributed by atoms with van der Waals surface area (Å²) < 4.78 is 1.92. The first-order valence-electron chi connectivity index (χ1n) is 10.5. The zero-order chi connectivity index (χ0) is 20.8. The molecule has 2 fully saturated rings. The number of carbonyl (C=O) groups excluding carboxylic acids is 1. The molecule has 0 spiro atoms. The van der Waals surface area contributed by atoms with Gasteiger partial charge in [0.25, 0.3) is 0 Å². The van der Waals surface area contributed by atoms with Gasteiger partial charge in [0.1, 0.15) is 5.52 Å². The van der Waals surface area contributed by atoms with Crippen LogP contribution in [0.4, 0.5) is 5.82 Å². The predicted octanol–water partition coefficient (Wildman–Crippen LogP) is 3.58. The zero-order valence-electron chi connectivity index (χ0n) is 17.2. The van der Waals surface area contributed by atoms with Crippen molar-refractivity contribution < 1.29 is 4.79 Å². The molecule has 1 saturated carbocycles. The van der Waals surface area contributed by atoms with E-state index in [1.54, 1.807) is 0 Å². The van der Waals surface area contributed by atoms with Crippen molar-refractivity contribution in [2.75, 3.05) is 18.0 Å². The standard InChI is InChI=1S/C22H25ClN6O/c1-13-19-14(2)29(18-9-5-16(23)6-10-18)27-20(19)21(26-25-13)28-11-3-4-15(12-28)22(30)24-17-7-8-17/h5-6,9-10,15,17H,3-4,7-8,11-12H2,1-2H3,(H,24,30). The van der Waals surface area contributed by atoms with Gasteiger partial charge in [-0.2, -0.15) is 10.2 Å². The van der Waals surface area contributed by atoms with Crippen LogP contribution in [0.5, 0.6) is 0 Å². The second kappa shape index (κ2) is 7.54. The Morgan fingerprint density at radius 3 is 2.63 bits per heavy atom. The normalized spacial score (nSPS) is 19.3. The van der Waals surface area contributed by atoms with Crippen LogP contribution in [0.2, 0.25) is 5.02 Å². The van der Waals surface area contributed by atoms with Gasteiger partial charge in [-0.05, 0) is 63.8 Å². The Bertz CT molecular complexity index is 1110. The second-order valence-corrected chi connectivity index (χ2v) is 8.81. The number of anilines is 1. The van der Waals surface area contributed by atoms with Crippen molar-refractivity contribution in [2.45, 2.75) is 45.6 Å². The minimum Gasteiger partial charge on any atom is -0.353 e. The van der Waals surface area contributed by atoms with Crippen LogP contribution >= 0.6 is 11.6 Å². The number of carbonyl (C=O) groups is 1. The summed E-state index contributed by atoms with van der Waals surface area (Å²) in [5.74, 6) is 0.911. The van der Waals surface area contributed by atoms with Gasteiger partial charge in [-0.3, -0.25) is 4.79 Å². The highest BCUT2D eigenvalue weighted by atomic mass is 35.5. The number of hydrogen-bond donors (Lipinski definition) is 1. The molecule has 1 unspecified atom stereocenters. The number of benzene rings is 1. The van der Waals surface area contributed by atoms with Gasteiger partial charge in [-0.15, -0.1) is 5.10 Å². The highest BCUT2D eigenvalue weighted by Crippen LogP contribution is 2.32. The maximum Gasteiger partial charge on any atom is 0.225 e. The van der Waals surface area contributed by atoms with Crippen LogP contribution in [0.15, 0.2) is 24.3 Å². The van der Waals surface area contributed by atoms with E-state index in [1.165, 1.54) is 0 Å². The fraction of sp³-hybridized carbons (Fsp3) is 0.455. The zero-order valence-corrected chi connectivity index (χ0v) is 18.0. The topological polar surface area (TPSA) is 75.9 Å². The fourth-order valence-electron chi connectivity index (χ4n) is 4.29. The fourth-order valence-corrected chi connectivity index (χ4v) is 4.41. The molecule has 156 valence electrons. The van der Waals surface area contributed by atoms with Crippen LogP contribution < -0.4 is 10.2 Å². The number of rotatable bonds is 4. The average molecular weight is 425 g/mol. The van der Waals surface area contributed by atoms with Crippen molar-refractivity contribution in [1.82, 2.24) is 25.3 Å². The van der Waals surface area contributed by atoms with Crippen molar-refractivity contribution in [1.29, 1.82) is 0 Å². The number of aromatic nitrogens is 4.